The number of carbonyl (C=O) groups is 1. The van der Waals surface area contributed by atoms with Gasteiger partial charge in [0.05, 0.1) is 16.8 Å². The van der Waals surface area contributed by atoms with Crippen molar-refractivity contribution in [2.75, 3.05) is 5.32 Å². The highest BCUT2D eigenvalue weighted by molar-refractivity contribution is 9.11. The summed E-state index contributed by atoms with van der Waals surface area (Å²) in [6.07, 6.45) is 1.04. The van der Waals surface area contributed by atoms with Crippen molar-refractivity contribution < 1.29 is 9.72 Å². The molecule has 0 fully saturated rings. The van der Waals surface area contributed by atoms with E-state index in [9.17, 15) is 19.7 Å². The molecule has 9 heteroatoms. The van der Waals surface area contributed by atoms with Crippen LogP contribution in [0.25, 0.3) is 0 Å². The number of hydrogen-bond donors (Lipinski definition) is 1. The highest BCUT2D eigenvalue weighted by atomic mass is 79.9. The fourth-order valence-corrected chi connectivity index (χ4v) is 2.83. The van der Waals surface area contributed by atoms with Crippen molar-refractivity contribution in [1.29, 1.82) is 0 Å². The van der Waals surface area contributed by atoms with Crippen LogP contribution in [-0.2, 0) is 11.3 Å². The topological polar surface area (TPSA) is 94.2 Å². The summed E-state index contributed by atoms with van der Waals surface area (Å²) in [4.78, 5) is 33.7. The molecule has 1 heterocycles. The molecule has 0 aliphatic heterocycles. The number of pyridine rings is 1. The Kier molecular flexibility index (Phi) is 5.09. The number of nitro groups is 1. The van der Waals surface area contributed by atoms with Gasteiger partial charge in [-0.1, -0.05) is 15.9 Å². The van der Waals surface area contributed by atoms with Gasteiger partial charge in [0, 0.05) is 21.1 Å². The van der Waals surface area contributed by atoms with Crippen LogP contribution in [0.2, 0.25) is 0 Å². The van der Waals surface area contributed by atoms with Crippen LogP contribution < -0.4 is 10.9 Å². The van der Waals surface area contributed by atoms with E-state index in [-0.39, 0.29) is 12.2 Å². The number of amides is 1. The number of hydrogen-bond acceptors (Lipinski definition) is 4. The summed E-state index contributed by atoms with van der Waals surface area (Å²) in [5.74, 6) is -0.467. The minimum atomic E-state index is -0.626. The predicted octanol–water partition coefficient (Wildman–Crippen LogP) is 2.92. The van der Waals surface area contributed by atoms with Gasteiger partial charge < -0.3 is 5.32 Å². The van der Waals surface area contributed by atoms with Crippen molar-refractivity contribution in [3.05, 3.63) is 65.9 Å². The molecule has 0 aliphatic carbocycles. The molecule has 2 rings (SSSR count). The maximum Gasteiger partial charge on any atom is 0.285 e. The number of aromatic nitrogens is 1. The van der Waals surface area contributed by atoms with Crippen molar-refractivity contribution in [3.63, 3.8) is 0 Å². The molecule has 1 N–H and O–H groups in total. The van der Waals surface area contributed by atoms with Crippen LogP contribution in [0.5, 0.6) is 0 Å². The fourth-order valence-electron chi connectivity index (χ4n) is 1.69. The maximum absolute atomic E-state index is 12.0. The van der Waals surface area contributed by atoms with Gasteiger partial charge in [-0.05, 0) is 34.1 Å². The molecule has 0 aliphatic rings. The normalized spacial score (nSPS) is 10.3. The third-order valence-electron chi connectivity index (χ3n) is 2.70. The predicted molar refractivity (Wildman–Crippen MR) is 87.8 cm³/mol. The van der Waals surface area contributed by atoms with E-state index in [0.717, 1.165) is 27.4 Å². The van der Waals surface area contributed by atoms with E-state index in [2.05, 4.69) is 37.2 Å². The van der Waals surface area contributed by atoms with Gasteiger partial charge in [-0.15, -0.1) is 0 Å². The van der Waals surface area contributed by atoms with E-state index in [0.29, 0.717) is 10.2 Å². The Balaban J connectivity index is 2.17. The summed E-state index contributed by atoms with van der Waals surface area (Å²) >= 11 is 6.60. The van der Waals surface area contributed by atoms with Crippen molar-refractivity contribution in [3.8, 4) is 0 Å². The minimum absolute atomic E-state index is 0.253. The van der Waals surface area contributed by atoms with Crippen LogP contribution in [0.4, 0.5) is 11.4 Å². The van der Waals surface area contributed by atoms with Crippen LogP contribution in [0.1, 0.15) is 0 Å². The molecule has 1 aromatic heterocycles. The third-order valence-corrected chi connectivity index (χ3v) is 3.85. The monoisotopic (exact) mass is 429 g/mol. The second kappa shape index (κ2) is 6.84. The van der Waals surface area contributed by atoms with Gasteiger partial charge in [-0.2, -0.15) is 0 Å². The standard InChI is InChI=1S/C13H9Br2N3O4/c14-8-1-3-11(10(15)5-8)16-12(19)7-17-6-9(18(21)22)2-4-13(17)20/h1-6H,7H2,(H,16,19). The molecular weight excluding hydrogens is 422 g/mol. The molecule has 114 valence electrons. The molecular formula is C13H9Br2N3O4. The molecule has 7 nitrogen and oxygen atoms in total. The number of halogens is 2. The van der Waals surface area contributed by atoms with Crippen LogP contribution in [0.15, 0.2) is 50.3 Å². The second-order valence-electron chi connectivity index (χ2n) is 4.28. The van der Waals surface area contributed by atoms with Crippen molar-refractivity contribution in [2.24, 2.45) is 0 Å². The summed E-state index contributed by atoms with van der Waals surface area (Å²) in [5, 5.41) is 13.3. The quantitative estimate of drug-likeness (QED) is 0.595. The first-order valence-corrected chi connectivity index (χ1v) is 7.55. The van der Waals surface area contributed by atoms with Crippen LogP contribution in [-0.4, -0.2) is 15.4 Å². The Labute approximate surface area is 141 Å². The van der Waals surface area contributed by atoms with Crippen LogP contribution in [0, 0.1) is 10.1 Å². The summed E-state index contributed by atoms with van der Waals surface area (Å²) in [6.45, 7) is -0.316. The highest BCUT2D eigenvalue weighted by Crippen LogP contribution is 2.26. The smallest absolute Gasteiger partial charge is 0.285 e. The Hall–Kier alpha value is -2.00. The second-order valence-corrected chi connectivity index (χ2v) is 6.05. The van der Waals surface area contributed by atoms with E-state index in [1.54, 1.807) is 18.2 Å². The largest absolute Gasteiger partial charge is 0.324 e. The van der Waals surface area contributed by atoms with Crippen molar-refractivity contribution in [2.45, 2.75) is 6.54 Å². The number of nitrogens with one attached hydrogen (secondary N) is 1. The number of carbonyl (C=O) groups excluding carboxylic acids is 1. The zero-order valence-corrected chi connectivity index (χ0v) is 14.1. The molecule has 2 aromatic rings. The zero-order chi connectivity index (χ0) is 16.3. The van der Waals surface area contributed by atoms with Gasteiger partial charge in [-0.25, -0.2) is 0 Å². The van der Waals surface area contributed by atoms with Gasteiger partial charge in [-0.3, -0.25) is 24.3 Å². The lowest BCUT2D eigenvalue weighted by Crippen LogP contribution is -2.27. The van der Waals surface area contributed by atoms with Crippen molar-refractivity contribution >= 4 is 49.1 Å². The molecule has 1 aromatic carbocycles. The Morgan fingerprint density at radius 3 is 2.64 bits per heavy atom. The summed E-state index contributed by atoms with van der Waals surface area (Å²) in [5.41, 5.74) is -0.209. The summed E-state index contributed by atoms with van der Waals surface area (Å²) in [7, 11) is 0. The van der Waals surface area contributed by atoms with Gasteiger partial charge in [0.25, 0.3) is 11.2 Å². The Morgan fingerprint density at radius 2 is 2.00 bits per heavy atom. The molecule has 0 bridgehead atoms. The first-order valence-electron chi connectivity index (χ1n) is 5.96. The molecule has 0 unspecified atom stereocenters. The lowest BCUT2D eigenvalue weighted by atomic mass is 10.3. The number of nitrogens with zero attached hydrogens (tertiary/aromatic N) is 2. The number of benzene rings is 1. The minimum Gasteiger partial charge on any atom is -0.324 e. The molecule has 0 saturated carbocycles. The first kappa shape index (κ1) is 16.4. The molecule has 0 radical (unpaired) electrons. The molecule has 0 atom stereocenters. The van der Waals surface area contributed by atoms with Gasteiger partial charge in [0.2, 0.25) is 5.91 Å². The van der Waals surface area contributed by atoms with Crippen LogP contribution >= 0.6 is 31.9 Å². The summed E-state index contributed by atoms with van der Waals surface area (Å²) in [6, 6.07) is 7.35. The molecule has 0 spiro atoms. The van der Waals surface area contributed by atoms with E-state index < -0.39 is 16.4 Å². The fraction of sp³-hybridized carbons (Fsp3) is 0.0769. The number of rotatable bonds is 4. The first-order chi connectivity index (χ1) is 10.4. The van der Waals surface area contributed by atoms with Crippen molar-refractivity contribution in [1.82, 2.24) is 4.57 Å². The lowest BCUT2D eigenvalue weighted by molar-refractivity contribution is -0.385. The Morgan fingerprint density at radius 1 is 1.27 bits per heavy atom. The molecule has 22 heavy (non-hydrogen) atoms. The molecule has 1 amide bonds. The van der Waals surface area contributed by atoms with E-state index in [1.807, 2.05) is 0 Å². The maximum atomic E-state index is 12.0. The molecule has 0 saturated heterocycles. The summed E-state index contributed by atoms with van der Waals surface area (Å²) < 4.78 is 2.49. The van der Waals surface area contributed by atoms with E-state index in [1.165, 1.54) is 0 Å². The highest BCUT2D eigenvalue weighted by Gasteiger charge is 2.11. The van der Waals surface area contributed by atoms with Gasteiger partial charge in [0.15, 0.2) is 0 Å². The van der Waals surface area contributed by atoms with Gasteiger partial charge >= 0.3 is 0 Å². The average molecular weight is 431 g/mol. The third kappa shape index (κ3) is 4.01. The van der Waals surface area contributed by atoms with Crippen LogP contribution in [0.3, 0.4) is 0 Å². The Bertz CT molecular complexity index is 804. The lowest BCUT2D eigenvalue weighted by Gasteiger charge is -2.09. The van der Waals surface area contributed by atoms with E-state index >= 15 is 0 Å². The zero-order valence-electron chi connectivity index (χ0n) is 11.0. The SMILES string of the molecule is O=C(Cn1cc([N+](=O)[O-])ccc1=O)Nc1ccc(Br)cc1Br. The average Bonchev–Trinajstić information content (AvgIpc) is 2.44. The number of anilines is 1. The van der Waals surface area contributed by atoms with E-state index in [4.69, 9.17) is 0 Å². The van der Waals surface area contributed by atoms with Gasteiger partial charge in [0.1, 0.15) is 6.54 Å².